The molecule has 8 nitrogen and oxygen atoms in total. The van der Waals surface area contributed by atoms with Crippen LogP contribution in [0.1, 0.15) is 40.9 Å². The Morgan fingerprint density at radius 3 is 2.74 bits per heavy atom. The molecule has 0 fully saturated rings. The highest BCUT2D eigenvalue weighted by Crippen LogP contribution is 2.14. The summed E-state index contributed by atoms with van der Waals surface area (Å²) in [5, 5.41) is 2.84. The molecule has 0 aromatic carbocycles. The fourth-order valence-electron chi connectivity index (χ4n) is 3.24. The van der Waals surface area contributed by atoms with E-state index in [0.29, 0.717) is 31.9 Å². The number of amides is 2. The van der Waals surface area contributed by atoms with Crippen molar-refractivity contribution >= 4 is 11.8 Å². The third kappa shape index (κ3) is 6.29. The molecule has 1 N–H and O–H groups in total. The maximum atomic E-state index is 12.4. The minimum atomic E-state index is -0.268. The molecule has 0 aliphatic heterocycles. The van der Waals surface area contributed by atoms with Gasteiger partial charge in [0.05, 0.1) is 13.1 Å². The van der Waals surface area contributed by atoms with Gasteiger partial charge in [-0.05, 0) is 48.4 Å². The fourth-order valence-corrected chi connectivity index (χ4v) is 3.24. The van der Waals surface area contributed by atoms with Crippen molar-refractivity contribution in [3.8, 4) is 0 Å². The summed E-state index contributed by atoms with van der Waals surface area (Å²) in [5.74, 6) is 0.621. The van der Waals surface area contributed by atoms with Gasteiger partial charge in [-0.2, -0.15) is 0 Å². The number of hydrogen-bond donors (Lipinski definition) is 1. The van der Waals surface area contributed by atoms with Gasteiger partial charge in [-0.3, -0.25) is 14.6 Å². The molecule has 164 valence electrons. The van der Waals surface area contributed by atoms with Crippen LogP contribution in [-0.2, 0) is 29.2 Å². The van der Waals surface area contributed by atoms with Crippen molar-refractivity contribution in [2.24, 2.45) is 0 Å². The molecule has 0 aliphatic rings. The topological polar surface area (TPSA) is 89.6 Å². The Hall–Kier alpha value is -3.39. The summed E-state index contributed by atoms with van der Waals surface area (Å²) in [4.78, 5) is 30.4. The third-order valence-electron chi connectivity index (χ3n) is 4.80. The molecule has 0 unspecified atom stereocenters. The van der Waals surface area contributed by atoms with Gasteiger partial charge in [0.2, 0.25) is 5.91 Å². The largest absolute Gasteiger partial charge is 0.454 e. The molecule has 0 atom stereocenters. The number of aromatic nitrogens is 2. The van der Waals surface area contributed by atoms with Crippen LogP contribution in [0.3, 0.4) is 0 Å². The van der Waals surface area contributed by atoms with E-state index in [1.165, 1.54) is 7.11 Å². The number of ether oxygens (including phenoxy) is 1. The Morgan fingerprint density at radius 2 is 2.00 bits per heavy atom. The van der Waals surface area contributed by atoms with Crippen LogP contribution in [-0.4, -0.2) is 46.5 Å². The highest BCUT2D eigenvalue weighted by Gasteiger charge is 2.16. The quantitative estimate of drug-likeness (QED) is 0.511. The Bertz CT molecular complexity index is 980. The lowest BCUT2D eigenvalue weighted by Crippen LogP contribution is -2.34. The van der Waals surface area contributed by atoms with Crippen LogP contribution in [0, 0.1) is 0 Å². The Morgan fingerprint density at radius 1 is 1.19 bits per heavy atom. The Labute approximate surface area is 181 Å². The number of methoxy groups -OCH3 is 1. The number of carbonyl (C=O) groups is 2. The van der Waals surface area contributed by atoms with Crippen LogP contribution in [0.4, 0.5) is 0 Å². The molecule has 0 bridgehead atoms. The zero-order chi connectivity index (χ0) is 22.1. The van der Waals surface area contributed by atoms with E-state index >= 15 is 0 Å². The number of carbonyl (C=O) groups excluding carboxylic acids is 2. The van der Waals surface area contributed by atoms with Crippen LogP contribution in [0.25, 0.3) is 0 Å². The van der Waals surface area contributed by atoms with Gasteiger partial charge in [-0.15, -0.1) is 0 Å². The second kappa shape index (κ2) is 11.1. The van der Waals surface area contributed by atoms with Gasteiger partial charge in [-0.25, -0.2) is 0 Å². The van der Waals surface area contributed by atoms with E-state index in [4.69, 9.17) is 9.15 Å². The van der Waals surface area contributed by atoms with Crippen LogP contribution in [0.15, 0.2) is 59.4 Å². The zero-order valence-corrected chi connectivity index (χ0v) is 17.9. The zero-order valence-electron chi connectivity index (χ0n) is 17.9. The van der Waals surface area contributed by atoms with E-state index < -0.39 is 0 Å². The third-order valence-corrected chi connectivity index (χ3v) is 4.80. The fraction of sp³-hybridized carbons (Fsp3) is 0.348. The summed E-state index contributed by atoms with van der Waals surface area (Å²) in [6.45, 7) is 4.13. The Balaban J connectivity index is 1.61. The molecule has 0 saturated carbocycles. The van der Waals surface area contributed by atoms with E-state index in [-0.39, 0.29) is 24.2 Å². The molecular weight excluding hydrogens is 396 g/mol. The number of furan rings is 1. The highest BCUT2D eigenvalue weighted by atomic mass is 16.5. The molecule has 3 rings (SSSR count). The van der Waals surface area contributed by atoms with Gasteiger partial charge in [0, 0.05) is 44.5 Å². The van der Waals surface area contributed by atoms with Crippen molar-refractivity contribution in [1.82, 2.24) is 19.8 Å². The van der Waals surface area contributed by atoms with E-state index in [1.807, 2.05) is 42.0 Å². The van der Waals surface area contributed by atoms with Crippen molar-refractivity contribution in [3.63, 3.8) is 0 Å². The van der Waals surface area contributed by atoms with E-state index in [1.54, 1.807) is 29.4 Å². The number of nitrogens with one attached hydrogen (secondary N) is 1. The van der Waals surface area contributed by atoms with E-state index in [0.717, 1.165) is 17.7 Å². The molecule has 3 aromatic rings. The van der Waals surface area contributed by atoms with Crippen molar-refractivity contribution in [1.29, 1.82) is 0 Å². The molecule has 2 amide bonds. The lowest BCUT2D eigenvalue weighted by atomic mass is 10.2. The van der Waals surface area contributed by atoms with Crippen LogP contribution >= 0.6 is 0 Å². The standard InChI is InChI=1S/C23H28N4O4/c1-3-12-27(22(28)17-30-2)15-19-5-4-13-26(19)16-20-6-7-21(31-20)23(29)25-14-18-8-10-24-11-9-18/h4-11,13H,3,12,14-17H2,1-2H3,(H,25,29). The molecule has 0 spiro atoms. The van der Waals surface area contributed by atoms with Gasteiger partial charge in [0.25, 0.3) is 5.91 Å². The van der Waals surface area contributed by atoms with Gasteiger partial charge in [0.1, 0.15) is 12.4 Å². The SMILES string of the molecule is CCCN(Cc1cccn1Cc1ccc(C(=O)NCc2ccncc2)o1)C(=O)COC. The molecule has 0 aliphatic carbocycles. The minimum Gasteiger partial charge on any atom is -0.454 e. The van der Waals surface area contributed by atoms with Crippen LogP contribution in [0.2, 0.25) is 0 Å². The number of hydrogen-bond acceptors (Lipinski definition) is 5. The second-order valence-corrected chi connectivity index (χ2v) is 7.18. The number of pyridine rings is 1. The summed E-state index contributed by atoms with van der Waals surface area (Å²) >= 11 is 0. The van der Waals surface area contributed by atoms with Crippen molar-refractivity contribution in [2.45, 2.75) is 33.0 Å². The predicted molar refractivity (Wildman–Crippen MR) is 115 cm³/mol. The van der Waals surface area contributed by atoms with Crippen LogP contribution < -0.4 is 5.32 Å². The summed E-state index contributed by atoms with van der Waals surface area (Å²) in [7, 11) is 1.52. The van der Waals surface area contributed by atoms with Crippen LogP contribution in [0.5, 0.6) is 0 Å². The summed E-state index contributed by atoms with van der Waals surface area (Å²) < 4.78 is 12.8. The lowest BCUT2D eigenvalue weighted by molar-refractivity contribution is -0.135. The first-order chi connectivity index (χ1) is 15.1. The maximum Gasteiger partial charge on any atom is 0.287 e. The van der Waals surface area contributed by atoms with Gasteiger partial charge in [-0.1, -0.05) is 6.92 Å². The van der Waals surface area contributed by atoms with Crippen molar-refractivity contribution in [3.05, 3.63) is 77.8 Å². The van der Waals surface area contributed by atoms with Gasteiger partial charge >= 0.3 is 0 Å². The lowest BCUT2D eigenvalue weighted by Gasteiger charge is -2.22. The molecule has 0 saturated heterocycles. The Kier molecular flexibility index (Phi) is 8.00. The van der Waals surface area contributed by atoms with Crippen molar-refractivity contribution in [2.75, 3.05) is 20.3 Å². The first-order valence-electron chi connectivity index (χ1n) is 10.3. The monoisotopic (exact) mass is 424 g/mol. The summed E-state index contributed by atoms with van der Waals surface area (Å²) in [6.07, 6.45) is 6.18. The van der Waals surface area contributed by atoms with Crippen molar-refractivity contribution < 1.29 is 18.7 Å². The first kappa shape index (κ1) is 22.3. The maximum absolute atomic E-state index is 12.4. The summed E-state index contributed by atoms with van der Waals surface area (Å²) in [5.41, 5.74) is 1.95. The minimum absolute atomic E-state index is 0.0387. The molecule has 31 heavy (non-hydrogen) atoms. The number of nitrogens with zero attached hydrogens (tertiary/aromatic N) is 3. The predicted octanol–water partition coefficient (Wildman–Crippen LogP) is 2.84. The molecule has 3 aromatic heterocycles. The average Bonchev–Trinajstić information content (AvgIpc) is 3.43. The molecular formula is C23H28N4O4. The molecule has 3 heterocycles. The molecule has 8 heteroatoms. The average molecular weight is 425 g/mol. The molecule has 0 radical (unpaired) electrons. The highest BCUT2D eigenvalue weighted by molar-refractivity contribution is 5.91. The van der Waals surface area contributed by atoms with E-state index in [9.17, 15) is 9.59 Å². The summed E-state index contributed by atoms with van der Waals surface area (Å²) in [6, 6.07) is 11.1. The van der Waals surface area contributed by atoms with Gasteiger partial charge in [0.15, 0.2) is 5.76 Å². The van der Waals surface area contributed by atoms with Gasteiger partial charge < -0.3 is 23.9 Å². The van der Waals surface area contributed by atoms with E-state index in [2.05, 4.69) is 10.3 Å². The first-order valence-corrected chi connectivity index (χ1v) is 10.3. The smallest absolute Gasteiger partial charge is 0.287 e. The second-order valence-electron chi connectivity index (χ2n) is 7.18. The number of rotatable bonds is 11. The normalized spacial score (nSPS) is 10.8.